The third-order valence-corrected chi connectivity index (χ3v) is 1.67. The van der Waals surface area contributed by atoms with Crippen LogP contribution in [0.3, 0.4) is 0 Å². The van der Waals surface area contributed by atoms with Gasteiger partial charge in [-0.2, -0.15) is 0 Å². The van der Waals surface area contributed by atoms with E-state index >= 15 is 0 Å². The predicted octanol–water partition coefficient (Wildman–Crippen LogP) is 1.20. The second-order valence-electron chi connectivity index (χ2n) is 2.60. The van der Waals surface area contributed by atoms with Crippen LogP contribution >= 0.6 is 0 Å². The minimum absolute atomic E-state index is 0.0276. The van der Waals surface area contributed by atoms with Crippen LogP contribution in [0.5, 0.6) is 0 Å². The number of carboxylic acids is 1. The number of carbonyl (C=O) groups is 1. The normalized spacial score (nSPS) is 25.6. The van der Waals surface area contributed by atoms with Crippen LogP contribution in [0.15, 0.2) is 12.2 Å². The molecular weight excluding hydrogens is 144 g/mol. The molecule has 0 aromatic carbocycles. The molecule has 1 rings (SSSR count). The lowest BCUT2D eigenvalue weighted by Crippen LogP contribution is -2.16. The van der Waals surface area contributed by atoms with Gasteiger partial charge < -0.3 is 9.84 Å². The van der Waals surface area contributed by atoms with Crippen molar-refractivity contribution in [2.45, 2.75) is 25.4 Å². The van der Waals surface area contributed by atoms with E-state index in [0.29, 0.717) is 0 Å². The molecule has 11 heavy (non-hydrogen) atoms. The smallest absolute Gasteiger partial charge is 0.328 e. The molecule has 0 radical (unpaired) electrons. The van der Waals surface area contributed by atoms with Crippen LogP contribution in [0.25, 0.3) is 0 Å². The molecule has 0 amide bonds. The minimum atomic E-state index is -0.904. The van der Waals surface area contributed by atoms with Crippen molar-refractivity contribution < 1.29 is 14.6 Å². The molecule has 1 N–H and O–H groups in total. The van der Waals surface area contributed by atoms with Gasteiger partial charge in [0.1, 0.15) is 0 Å². The maximum atomic E-state index is 10.1. The Morgan fingerprint density at radius 3 is 2.91 bits per heavy atom. The molecule has 62 valence electrons. The Labute approximate surface area is 65.7 Å². The fourth-order valence-corrected chi connectivity index (χ4v) is 1.11. The van der Waals surface area contributed by atoms with Gasteiger partial charge in [-0.05, 0) is 25.3 Å². The third-order valence-electron chi connectivity index (χ3n) is 1.67. The van der Waals surface area contributed by atoms with Gasteiger partial charge in [-0.1, -0.05) is 0 Å². The van der Waals surface area contributed by atoms with Crippen molar-refractivity contribution in [1.82, 2.24) is 0 Å². The maximum absolute atomic E-state index is 10.1. The van der Waals surface area contributed by atoms with E-state index in [9.17, 15) is 4.79 Å². The van der Waals surface area contributed by atoms with Crippen molar-refractivity contribution in [3.8, 4) is 0 Å². The lowest BCUT2D eigenvalue weighted by atomic mass is 10.1. The second kappa shape index (κ2) is 4.13. The lowest BCUT2D eigenvalue weighted by molar-refractivity contribution is -0.131. The van der Waals surface area contributed by atoms with E-state index in [0.717, 1.165) is 31.9 Å². The molecule has 0 spiro atoms. The molecule has 3 heteroatoms. The van der Waals surface area contributed by atoms with Crippen LogP contribution in [0.1, 0.15) is 19.3 Å². The second-order valence-corrected chi connectivity index (χ2v) is 2.60. The highest BCUT2D eigenvalue weighted by Gasteiger charge is 2.09. The average molecular weight is 156 g/mol. The van der Waals surface area contributed by atoms with Crippen molar-refractivity contribution in [3.63, 3.8) is 0 Å². The van der Waals surface area contributed by atoms with Crippen LogP contribution in [0, 0.1) is 0 Å². The average Bonchev–Trinajstić information content (AvgIpc) is 2.03. The fraction of sp³-hybridized carbons (Fsp3) is 0.625. The molecule has 0 aromatic rings. The highest BCUT2D eigenvalue weighted by Crippen LogP contribution is 2.13. The number of carboxylic acid groups (broad SMARTS) is 1. The molecule has 0 aromatic heterocycles. The zero-order valence-electron chi connectivity index (χ0n) is 6.32. The fourth-order valence-electron chi connectivity index (χ4n) is 1.11. The first-order chi connectivity index (χ1) is 5.29. The first-order valence-electron chi connectivity index (χ1n) is 3.82. The largest absolute Gasteiger partial charge is 0.478 e. The molecule has 0 aliphatic carbocycles. The van der Waals surface area contributed by atoms with Crippen molar-refractivity contribution >= 4 is 5.97 Å². The molecule has 1 fully saturated rings. The number of rotatable bonds is 2. The first-order valence-corrected chi connectivity index (χ1v) is 3.82. The molecule has 0 bridgehead atoms. The Hall–Kier alpha value is -0.830. The first kappa shape index (κ1) is 8.27. The molecular formula is C8H12O3. The van der Waals surface area contributed by atoms with E-state index in [4.69, 9.17) is 9.84 Å². The summed E-state index contributed by atoms with van der Waals surface area (Å²) in [6, 6.07) is 0. The van der Waals surface area contributed by atoms with Crippen molar-refractivity contribution in [2.75, 3.05) is 6.61 Å². The highest BCUT2D eigenvalue weighted by atomic mass is 16.5. The lowest BCUT2D eigenvalue weighted by Gasteiger charge is -2.18. The summed E-state index contributed by atoms with van der Waals surface area (Å²) in [4.78, 5) is 10.1. The summed E-state index contributed by atoms with van der Waals surface area (Å²) in [5, 5.41) is 8.30. The van der Waals surface area contributed by atoms with Crippen molar-refractivity contribution in [1.29, 1.82) is 0 Å². The molecule has 1 aliphatic heterocycles. The van der Waals surface area contributed by atoms with Crippen LogP contribution in [-0.2, 0) is 9.53 Å². The Balaban J connectivity index is 2.29. The van der Waals surface area contributed by atoms with Crippen LogP contribution in [0.4, 0.5) is 0 Å². The summed E-state index contributed by atoms with van der Waals surface area (Å²) in [7, 11) is 0. The van der Waals surface area contributed by atoms with Crippen LogP contribution < -0.4 is 0 Å². The molecule has 1 atom stereocenters. The van der Waals surface area contributed by atoms with Gasteiger partial charge in [-0.25, -0.2) is 4.79 Å². The molecule has 1 saturated heterocycles. The van der Waals surface area contributed by atoms with Gasteiger partial charge in [0, 0.05) is 12.7 Å². The Bertz CT molecular complexity index is 157. The van der Waals surface area contributed by atoms with Gasteiger partial charge in [-0.3, -0.25) is 0 Å². The molecule has 1 unspecified atom stereocenters. The number of aliphatic carboxylic acids is 1. The van der Waals surface area contributed by atoms with E-state index in [-0.39, 0.29) is 6.10 Å². The Morgan fingerprint density at radius 2 is 2.36 bits per heavy atom. The van der Waals surface area contributed by atoms with Gasteiger partial charge >= 0.3 is 5.97 Å². The van der Waals surface area contributed by atoms with Gasteiger partial charge in [0.05, 0.1) is 6.10 Å². The number of hydrogen-bond donors (Lipinski definition) is 1. The summed E-state index contributed by atoms with van der Waals surface area (Å²) in [5.74, 6) is -0.904. The number of ether oxygens (including phenoxy) is 1. The van der Waals surface area contributed by atoms with Gasteiger partial charge in [0.15, 0.2) is 0 Å². The molecule has 1 aliphatic rings. The predicted molar refractivity (Wildman–Crippen MR) is 40.4 cm³/mol. The van der Waals surface area contributed by atoms with E-state index in [1.807, 2.05) is 0 Å². The monoisotopic (exact) mass is 156 g/mol. The van der Waals surface area contributed by atoms with E-state index in [2.05, 4.69) is 0 Å². The zero-order chi connectivity index (χ0) is 8.10. The van der Waals surface area contributed by atoms with Gasteiger partial charge in [0.2, 0.25) is 0 Å². The quantitative estimate of drug-likeness (QED) is 0.611. The SMILES string of the molecule is O=C(O)/C=C\C1CCCCO1. The summed E-state index contributed by atoms with van der Waals surface area (Å²) in [5.41, 5.74) is 0. The summed E-state index contributed by atoms with van der Waals surface area (Å²) >= 11 is 0. The standard InChI is InChI=1S/C8H12O3/c9-8(10)5-4-7-3-1-2-6-11-7/h4-5,7H,1-3,6H2,(H,9,10)/b5-4-. The Morgan fingerprint density at radius 1 is 1.55 bits per heavy atom. The molecule has 0 saturated carbocycles. The van der Waals surface area contributed by atoms with E-state index < -0.39 is 5.97 Å². The van der Waals surface area contributed by atoms with Crippen LogP contribution in [-0.4, -0.2) is 23.8 Å². The van der Waals surface area contributed by atoms with Gasteiger partial charge in [-0.15, -0.1) is 0 Å². The topological polar surface area (TPSA) is 46.5 Å². The van der Waals surface area contributed by atoms with Crippen LogP contribution in [0.2, 0.25) is 0 Å². The minimum Gasteiger partial charge on any atom is -0.478 e. The molecule has 1 heterocycles. The van der Waals surface area contributed by atoms with E-state index in [1.165, 1.54) is 0 Å². The summed E-state index contributed by atoms with van der Waals surface area (Å²) in [6.45, 7) is 0.759. The highest BCUT2D eigenvalue weighted by molar-refractivity contribution is 5.79. The summed E-state index contributed by atoms with van der Waals surface area (Å²) in [6.07, 6.45) is 5.97. The Kier molecular flexibility index (Phi) is 3.11. The van der Waals surface area contributed by atoms with E-state index in [1.54, 1.807) is 6.08 Å². The maximum Gasteiger partial charge on any atom is 0.328 e. The van der Waals surface area contributed by atoms with Gasteiger partial charge in [0.25, 0.3) is 0 Å². The summed E-state index contributed by atoms with van der Waals surface area (Å²) < 4.78 is 5.28. The number of hydrogen-bond acceptors (Lipinski definition) is 2. The third kappa shape index (κ3) is 3.18. The van der Waals surface area contributed by atoms with Crippen molar-refractivity contribution in [2.24, 2.45) is 0 Å². The molecule has 3 nitrogen and oxygen atoms in total. The zero-order valence-corrected chi connectivity index (χ0v) is 6.32. The van der Waals surface area contributed by atoms with Crippen molar-refractivity contribution in [3.05, 3.63) is 12.2 Å².